The molecule has 0 atom stereocenters. The van der Waals surface area contributed by atoms with Gasteiger partial charge >= 0.3 is 5.69 Å². The second kappa shape index (κ2) is 5.41. The molecule has 4 N–H and O–H groups in total. The zero-order valence-corrected chi connectivity index (χ0v) is 12.0. The molecule has 2 heterocycles. The minimum Gasteiger partial charge on any atom is -0.365 e. The van der Waals surface area contributed by atoms with E-state index >= 15 is 0 Å². The van der Waals surface area contributed by atoms with Gasteiger partial charge in [-0.1, -0.05) is 6.07 Å². The van der Waals surface area contributed by atoms with E-state index in [0.29, 0.717) is 17.4 Å². The first-order valence-corrected chi connectivity index (χ1v) is 7.16. The lowest BCUT2D eigenvalue weighted by molar-refractivity contribution is 0.0946. The lowest BCUT2D eigenvalue weighted by Crippen LogP contribution is -2.23. The number of aromatic amines is 2. The number of fused-ring (bicyclic) bond motifs is 1. The van der Waals surface area contributed by atoms with E-state index in [0.717, 1.165) is 16.6 Å². The summed E-state index contributed by atoms with van der Waals surface area (Å²) in [5.41, 5.74) is 2.51. The summed E-state index contributed by atoms with van der Waals surface area (Å²) in [4.78, 5) is 32.6. The molecular weight excluding hydrogens is 290 g/mol. The number of imidazole rings is 1. The summed E-state index contributed by atoms with van der Waals surface area (Å²) < 4.78 is 0. The van der Waals surface area contributed by atoms with Crippen LogP contribution in [0.3, 0.4) is 0 Å². The number of benzene rings is 1. The number of nitrogens with one attached hydrogen (secondary N) is 4. The zero-order valence-electron chi connectivity index (χ0n) is 11.2. The van der Waals surface area contributed by atoms with Gasteiger partial charge in [0.2, 0.25) is 0 Å². The number of carbonyl (C=O) groups excluding carboxylic acids is 1. The van der Waals surface area contributed by atoms with Crippen LogP contribution < -0.4 is 16.3 Å². The molecule has 0 unspecified atom stereocenters. The van der Waals surface area contributed by atoms with Gasteiger partial charge in [-0.2, -0.15) is 0 Å². The quantitative estimate of drug-likeness (QED) is 0.583. The lowest BCUT2D eigenvalue weighted by Gasteiger charge is -2.03. The Morgan fingerprint density at radius 2 is 2.14 bits per heavy atom. The summed E-state index contributed by atoms with van der Waals surface area (Å²) in [6.45, 7) is 0.369. The number of carbonyl (C=O) groups is 1. The molecule has 21 heavy (non-hydrogen) atoms. The van der Waals surface area contributed by atoms with Crippen LogP contribution >= 0.6 is 11.3 Å². The number of rotatable bonds is 4. The highest BCUT2D eigenvalue weighted by atomic mass is 32.1. The Hall–Kier alpha value is -2.61. The minimum absolute atomic E-state index is 0.226. The Bertz CT molecular complexity index is 847. The first-order chi connectivity index (χ1) is 10.2. The van der Waals surface area contributed by atoms with Gasteiger partial charge in [0.25, 0.3) is 5.91 Å². The van der Waals surface area contributed by atoms with Gasteiger partial charge in [0.1, 0.15) is 5.69 Å². The van der Waals surface area contributed by atoms with Gasteiger partial charge in [0, 0.05) is 19.0 Å². The van der Waals surface area contributed by atoms with Crippen molar-refractivity contribution < 1.29 is 4.79 Å². The number of hydrogen-bond acceptors (Lipinski definition) is 5. The van der Waals surface area contributed by atoms with Crippen LogP contribution in [-0.4, -0.2) is 27.9 Å². The predicted octanol–water partition coefficient (Wildman–Crippen LogP) is 1.28. The van der Waals surface area contributed by atoms with E-state index < -0.39 is 0 Å². The van der Waals surface area contributed by atoms with Crippen molar-refractivity contribution in [3.05, 3.63) is 45.3 Å². The van der Waals surface area contributed by atoms with E-state index in [1.807, 2.05) is 12.1 Å². The normalized spacial score (nSPS) is 10.7. The molecule has 1 aromatic carbocycles. The van der Waals surface area contributed by atoms with Gasteiger partial charge in [-0.15, -0.1) is 11.3 Å². The van der Waals surface area contributed by atoms with E-state index in [-0.39, 0.29) is 11.6 Å². The number of thiazole rings is 1. The smallest absolute Gasteiger partial charge is 0.323 e. The number of anilines is 1. The molecule has 0 aliphatic rings. The van der Waals surface area contributed by atoms with Crippen LogP contribution in [0.25, 0.3) is 11.0 Å². The van der Waals surface area contributed by atoms with E-state index in [2.05, 4.69) is 25.6 Å². The number of hydrogen-bond donors (Lipinski definition) is 4. The second-order valence-corrected chi connectivity index (χ2v) is 5.29. The van der Waals surface area contributed by atoms with Crippen LogP contribution in [0.4, 0.5) is 5.13 Å². The standard InChI is InChI=1S/C13H13N5O2S/c1-14-13-18-10(6-21-13)11(19)15-5-7-2-3-8-9(4-7)17-12(20)16-8/h2-4,6H,5H2,1H3,(H,14,18)(H,15,19)(H2,16,17,20). The molecule has 108 valence electrons. The maximum absolute atomic E-state index is 12.0. The molecule has 0 aliphatic heterocycles. The molecule has 1 amide bonds. The molecule has 0 bridgehead atoms. The SMILES string of the molecule is CNc1nc(C(=O)NCc2ccc3[nH]c(=O)[nH]c3c2)cs1. The van der Waals surface area contributed by atoms with Crippen molar-refractivity contribution in [2.75, 3.05) is 12.4 Å². The van der Waals surface area contributed by atoms with Crippen molar-refractivity contribution in [1.82, 2.24) is 20.3 Å². The van der Waals surface area contributed by atoms with Gasteiger partial charge in [-0.05, 0) is 17.7 Å². The third-order valence-corrected chi connectivity index (χ3v) is 3.84. The fraction of sp³-hybridized carbons (Fsp3) is 0.154. The number of amides is 1. The van der Waals surface area contributed by atoms with Crippen LogP contribution in [0.5, 0.6) is 0 Å². The zero-order chi connectivity index (χ0) is 14.8. The molecule has 0 saturated carbocycles. The van der Waals surface area contributed by atoms with Gasteiger partial charge in [0.15, 0.2) is 5.13 Å². The number of H-pyrrole nitrogens is 2. The number of aromatic nitrogens is 3. The van der Waals surface area contributed by atoms with E-state index in [1.54, 1.807) is 18.5 Å². The van der Waals surface area contributed by atoms with Crippen molar-refractivity contribution in [1.29, 1.82) is 0 Å². The molecule has 0 fully saturated rings. The summed E-state index contributed by atoms with van der Waals surface area (Å²) >= 11 is 1.38. The Kier molecular flexibility index (Phi) is 3.44. The topological polar surface area (TPSA) is 103 Å². The number of nitrogens with zero attached hydrogens (tertiary/aromatic N) is 1. The first-order valence-electron chi connectivity index (χ1n) is 6.28. The predicted molar refractivity (Wildman–Crippen MR) is 81.8 cm³/mol. The van der Waals surface area contributed by atoms with Crippen molar-refractivity contribution in [3.8, 4) is 0 Å². The fourth-order valence-electron chi connectivity index (χ4n) is 1.96. The second-order valence-electron chi connectivity index (χ2n) is 4.43. The van der Waals surface area contributed by atoms with Gasteiger partial charge in [-0.25, -0.2) is 9.78 Å². The summed E-state index contributed by atoms with van der Waals surface area (Å²) in [7, 11) is 1.76. The molecule has 7 nitrogen and oxygen atoms in total. The lowest BCUT2D eigenvalue weighted by atomic mass is 10.2. The first kappa shape index (κ1) is 13.4. The highest BCUT2D eigenvalue weighted by Gasteiger charge is 2.10. The summed E-state index contributed by atoms with van der Waals surface area (Å²) in [5, 5.41) is 8.09. The van der Waals surface area contributed by atoms with Crippen LogP contribution in [0, 0.1) is 0 Å². The Morgan fingerprint density at radius 1 is 1.33 bits per heavy atom. The summed E-state index contributed by atoms with van der Waals surface area (Å²) in [6, 6.07) is 5.48. The third kappa shape index (κ3) is 2.79. The summed E-state index contributed by atoms with van der Waals surface area (Å²) in [6.07, 6.45) is 0. The van der Waals surface area contributed by atoms with Crippen molar-refractivity contribution >= 4 is 33.4 Å². The van der Waals surface area contributed by atoms with E-state index in [1.165, 1.54) is 11.3 Å². The molecular formula is C13H13N5O2S. The molecule has 3 rings (SSSR count). The molecule has 3 aromatic rings. The minimum atomic E-state index is -0.242. The highest BCUT2D eigenvalue weighted by molar-refractivity contribution is 7.13. The molecule has 0 saturated heterocycles. The van der Waals surface area contributed by atoms with Crippen molar-refractivity contribution in [2.45, 2.75) is 6.54 Å². The van der Waals surface area contributed by atoms with Crippen LogP contribution in [0.1, 0.15) is 16.1 Å². The van der Waals surface area contributed by atoms with Gasteiger partial charge < -0.3 is 20.6 Å². The van der Waals surface area contributed by atoms with Gasteiger partial charge in [-0.3, -0.25) is 4.79 Å². The third-order valence-electron chi connectivity index (χ3n) is 2.98. The van der Waals surface area contributed by atoms with Gasteiger partial charge in [0.05, 0.1) is 11.0 Å². The Labute approximate surface area is 123 Å². The molecule has 0 aliphatic carbocycles. The fourth-order valence-corrected chi connectivity index (χ4v) is 2.61. The molecule has 0 spiro atoms. The maximum Gasteiger partial charge on any atom is 0.323 e. The average Bonchev–Trinajstić information content (AvgIpc) is 3.09. The largest absolute Gasteiger partial charge is 0.365 e. The molecule has 2 aromatic heterocycles. The Morgan fingerprint density at radius 3 is 2.90 bits per heavy atom. The van der Waals surface area contributed by atoms with Crippen LogP contribution in [0.2, 0.25) is 0 Å². The van der Waals surface area contributed by atoms with Crippen LogP contribution in [-0.2, 0) is 6.54 Å². The van der Waals surface area contributed by atoms with Crippen molar-refractivity contribution in [3.63, 3.8) is 0 Å². The maximum atomic E-state index is 12.0. The monoisotopic (exact) mass is 303 g/mol. The Balaban J connectivity index is 1.70. The van der Waals surface area contributed by atoms with E-state index in [9.17, 15) is 9.59 Å². The molecule has 0 radical (unpaired) electrons. The van der Waals surface area contributed by atoms with Crippen LogP contribution in [0.15, 0.2) is 28.4 Å². The van der Waals surface area contributed by atoms with Crippen molar-refractivity contribution in [2.24, 2.45) is 0 Å². The van der Waals surface area contributed by atoms with E-state index in [4.69, 9.17) is 0 Å². The molecule has 8 heteroatoms. The summed E-state index contributed by atoms with van der Waals surface area (Å²) in [5.74, 6) is -0.226. The highest BCUT2D eigenvalue weighted by Crippen LogP contribution is 2.14. The average molecular weight is 303 g/mol.